The fraction of sp³-hybridized carbons (Fsp3) is 0.667. The molecule has 1 aliphatic rings. The third-order valence-electron chi connectivity index (χ3n) is 4.72. The Labute approximate surface area is 128 Å². The molecule has 0 saturated heterocycles. The van der Waals surface area contributed by atoms with Crippen LogP contribution in [0.3, 0.4) is 0 Å². The summed E-state index contributed by atoms with van der Waals surface area (Å²) in [5.74, 6) is 0.796. The van der Waals surface area contributed by atoms with E-state index < -0.39 is 0 Å². The maximum atomic E-state index is 13.4. The van der Waals surface area contributed by atoms with Gasteiger partial charge in [-0.1, -0.05) is 27.2 Å². The van der Waals surface area contributed by atoms with E-state index in [1.54, 1.807) is 12.1 Å². The predicted octanol–water partition coefficient (Wildman–Crippen LogP) is 5.24. The zero-order valence-corrected chi connectivity index (χ0v) is 13.7. The summed E-state index contributed by atoms with van der Waals surface area (Å²) in [7, 11) is 1.50. The van der Waals surface area contributed by atoms with Crippen LogP contribution in [0.2, 0.25) is 0 Å². The van der Waals surface area contributed by atoms with Crippen LogP contribution in [-0.2, 0) is 0 Å². The van der Waals surface area contributed by atoms with Crippen LogP contribution >= 0.6 is 0 Å². The number of anilines is 1. The van der Waals surface area contributed by atoms with Gasteiger partial charge in [0.1, 0.15) is 0 Å². The summed E-state index contributed by atoms with van der Waals surface area (Å²) in [5, 5.41) is 3.55. The number of hydrogen-bond acceptors (Lipinski definition) is 2. The Morgan fingerprint density at radius 2 is 1.90 bits per heavy atom. The van der Waals surface area contributed by atoms with Gasteiger partial charge in [0, 0.05) is 17.8 Å². The van der Waals surface area contributed by atoms with E-state index in [2.05, 4.69) is 26.1 Å². The molecule has 0 spiro atoms. The molecule has 1 aromatic rings. The predicted molar refractivity (Wildman–Crippen MR) is 86.4 cm³/mol. The first-order valence-electron chi connectivity index (χ1n) is 8.00. The minimum absolute atomic E-state index is 0.307. The van der Waals surface area contributed by atoms with Gasteiger partial charge in [0.05, 0.1) is 7.11 Å². The van der Waals surface area contributed by atoms with Crippen molar-refractivity contribution in [2.75, 3.05) is 12.4 Å². The van der Waals surface area contributed by atoms with Crippen LogP contribution in [0.1, 0.15) is 52.9 Å². The second-order valence-corrected chi connectivity index (χ2v) is 7.26. The zero-order valence-electron chi connectivity index (χ0n) is 13.7. The van der Waals surface area contributed by atoms with Crippen molar-refractivity contribution in [1.82, 2.24) is 0 Å². The summed E-state index contributed by atoms with van der Waals surface area (Å²) in [6, 6.07) is 5.49. The maximum Gasteiger partial charge on any atom is 0.165 e. The second-order valence-electron chi connectivity index (χ2n) is 7.26. The molecule has 118 valence electrons. The SMILES string of the molecule is COc1cc(NC2CCCC(C(C)(C)C)CC2)ccc1F. The van der Waals surface area contributed by atoms with E-state index in [0.29, 0.717) is 17.2 Å². The zero-order chi connectivity index (χ0) is 15.5. The molecule has 1 N–H and O–H groups in total. The van der Waals surface area contributed by atoms with Crippen LogP contribution in [0.5, 0.6) is 5.75 Å². The number of rotatable bonds is 3. The molecule has 0 radical (unpaired) electrons. The number of methoxy groups -OCH3 is 1. The van der Waals surface area contributed by atoms with E-state index in [4.69, 9.17) is 4.74 Å². The molecular formula is C18H28FNO. The minimum atomic E-state index is -0.309. The van der Waals surface area contributed by atoms with Crippen LogP contribution in [-0.4, -0.2) is 13.2 Å². The molecule has 21 heavy (non-hydrogen) atoms. The molecule has 0 heterocycles. The van der Waals surface area contributed by atoms with Crippen LogP contribution in [0.15, 0.2) is 18.2 Å². The van der Waals surface area contributed by atoms with Crippen molar-refractivity contribution in [3.05, 3.63) is 24.0 Å². The lowest BCUT2D eigenvalue weighted by atomic mass is 9.76. The van der Waals surface area contributed by atoms with Crippen molar-refractivity contribution < 1.29 is 9.13 Å². The van der Waals surface area contributed by atoms with Crippen LogP contribution < -0.4 is 10.1 Å². The Kier molecular flexibility index (Phi) is 5.13. The second kappa shape index (κ2) is 6.67. The van der Waals surface area contributed by atoms with Crippen molar-refractivity contribution in [3.8, 4) is 5.75 Å². The monoisotopic (exact) mass is 293 g/mol. The minimum Gasteiger partial charge on any atom is -0.494 e. The van der Waals surface area contributed by atoms with Gasteiger partial charge in [-0.15, -0.1) is 0 Å². The van der Waals surface area contributed by atoms with E-state index in [1.807, 2.05) is 0 Å². The summed E-state index contributed by atoms with van der Waals surface area (Å²) in [6.07, 6.45) is 6.21. The molecule has 0 bridgehead atoms. The lowest BCUT2D eigenvalue weighted by Crippen LogP contribution is -2.21. The van der Waals surface area contributed by atoms with E-state index in [1.165, 1.54) is 45.3 Å². The third kappa shape index (κ3) is 4.36. The first-order chi connectivity index (χ1) is 9.90. The van der Waals surface area contributed by atoms with Crippen molar-refractivity contribution in [2.45, 2.75) is 58.9 Å². The molecule has 0 amide bonds. The molecule has 1 aromatic carbocycles. The van der Waals surface area contributed by atoms with Gasteiger partial charge in [0.15, 0.2) is 11.6 Å². The molecule has 0 aliphatic heterocycles. The summed E-state index contributed by atoms with van der Waals surface area (Å²) >= 11 is 0. The summed E-state index contributed by atoms with van der Waals surface area (Å²) in [4.78, 5) is 0. The van der Waals surface area contributed by atoms with Gasteiger partial charge in [-0.05, 0) is 49.1 Å². The highest BCUT2D eigenvalue weighted by Crippen LogP contribution is 2.37. The molecule has 0 aromatic heterocycles. The smallest absolute Gasteiger partial charge is 0.165 e. The van der Waals surface area contributed by atoms with Gasteiger partial charge in [0.25, 0.3) is 0 Å². The number of ether oxygens (including phenoxy) is 1. The Morgan fingerprint density at radius 3 is 2.57 bits per heavy atom. The first kappa shape index (κ1) is 16.1. The largest absolute Gasteiger partial charge is 0.494 e. The van der Waals surface area contributed by atoms with Crippen molar-refractivity contribution in [3.63, 3.8) is 0 Å². The summed E-state index contributed by atoms with van der Waals surface area (Å²) in [6.45, 7) is 7.03. The van der Waals surface area contributed by atoms with E-state index in [-0.39, 0.29) is 5.82 Å². The molecule has 2 rings (SSSR count). The van der Waals surface area contributed by atoms with E-state index in [0.717, 1.165) is 11.6 Å². The van der Waals surface area contributed by atoms with Crippen molar-refractivity contribution in [1.29, 1.82) is 0 Å². The molecule has 1 fully saturated rings. The van der Waals surface area contributed by atoms with E-state index >= 15 is 0 Å². The van der Waals surface area contributed by atoms with Gasteiger partial charge in [0.2, 0.25) is 0 Å². The van der Waals surface area contributed by atoms with Gasteiger partial charge in [-0.2, -0.15) is 0 Å². The number of benzene rings is 1. The highest BCUT2D eigenvalue weighted by atomic mass is 19.1. The van der Waals surface area contributed by atoms with Crippen molar-refractivity contribution >= 4 is 5.69 Å². The van der Waals surface area contributed by atoms with Crippen LogP contribution in [0.4, 0.5) is 10.1 Å². The maximum absolute atomic E-state index is 13.4. The molecule has 1 aliphatic carbocycles. The lowest BCUT2D eigenvalue weighted by molar-refractivity contribution is 0.214. The molecule has 1 saturated carbocycles. The average Bonchev–Trinajstić information content (AvgIpc) is 2.66. The lowest BCUT2D eigenvalue weighted by Gasteiger charge is -2.29. The van der Waals surface area contributed by atoms with Crippen LogP contribution in [0, 0.1) is 17.2 Å². The number of hydrogen-bond donors (Lipinski definition) is 1. The highest BCUT2D eigenvalue weighted by Gasteiger charge is 2.27. The van der Waals surface area contributed by atoms with Gasteiger partial charge in [-0.3, -0.25) is 0 Å². The Balaban J connectivity index is 1.97. The molecule has 2 atom stereocenters. The summed E-state index contributed by atoms with van der Waals surface area (Å²) < 4.78 is 18.5. The fourth-order valence-electron chi connectivity index (χ4n) is 3.30. The van der Waals surface area contributed by atoms with Crippen molar-refractivity contribution in [2.24, 2.45) is 11.3 Å². The normalized spacial score (nSPS) is 23.5. The van der Waals surface area contributed by atoms with Gasteiger partial charge < -0.3 is 10.1 Å². The van der Waals surface area contributed by atoms with Gasteiger partial charge in [-0.25, -0.2) is 4.39 Å². The standard InChI is InChI=1S/C18H28FNO/c1-18(2,3)13-6-5-7-14(9-8-13)20-15-10-11-16(19)17(12-15)21-4/h10-14,20H,5-9H2,1-4H3. The topological polar surface area (TPSA) is 21.3 Å². The Morgan fingerprint density at radius 1 is 1.14 bits per heavy atom. The Hall–Kier alpha value is -1.25. The van der Waals surface area contributed by atoms with Gasteiger partial charge >= 0.3 is 0 Å². The first-order valence-corrected chi connectivity index (χ1v) is 8.00. The highest BCUT2D eigenvalue weighted by molar-refractivity contribution is 5.49. The number of halogens is 1. The number of nitrogens with one attached hydrogen (secondary N) is 1. The fourth-order valence-corrected chi connectivity index (χ4v) is 3.30. The van der Waals surface area contributed by atoms with E-state index in [9.17, 15) is 4.39 Å². The Bertz CT molecular complexity index is 467. The average molecular weight is 293 g/mol. The molecular weight excluding hydrogens is 265 g/mol. The quantitative estimate of drug-likeness (QED) is 0.769. The summed E-state index contributed by atoms with van der Waals surface area (Å²) in [5.41, 5.74) is 1.35. The third-order valence-corrected chi connectivity index (χ3v) is 4.72. The molecule has 2 nitrogen and oxygen atoms in total. The molecule has 3 heteroatoms. The van der Waals surface area contributed by atoms with Crippen LogP contribution in [0.25, 0.3) is 0 Å². The molecule has 2 unspecified atom stereocenters.